The molecule has 0 fully saturated rings. The van der Waals surface area contributed by atoms with E-state index >= 15 is 0 Å². The number of pyridine rings is 1. The van der Waals surface area contributed by atoms with Gasteiger partial charge in [0.05, 0.1) is 27.8 Å². The number of aromatic nitrogens is 3. The van der Waals surface area contributed by atoms with Gasteiger partial charge in [-0.2, -0.15) is 0 Å². The molecule has 0 unspecified atom stereocenters. The first kappa shape index (κ1) is 26.5. The zero-order valence-electron chi connectivity index (χ0n) is 26.4. The van der Waals surface area contributed by atoms with Crippen molar-refractivity contribution in [3.63, 3.8) is 0 Å². The van der Waals surface area contributed by atoms with E-state index in [1.807, 2.05) is 0 Å². The van der Waals surface area contributed by atoms with Gasteiger partial charge >= 0.3 is 0 Å². The van der Waals surface area contributed by atoms with E-state index in [-0.39, 0.29) is 0 Å². The summed E-state index contributed by atoms with van der Waals surface area (Å²) in [6, 6.07) is 58.7. The minimum absolute atomic E-state index is 0.720. The van der Waals surface area contributed by atoms with Gasteiger partial charge in [-0.05, 0) is 50.9 Å². The molecule has 0 saturated heterocycles. The molecule has 0 aliphatic carbocycles. The maximum atomic E-state index is 5.58. The van der Waals surface area contributed by atoms with Crippen molar-refractivity contribution in [3.05, 3.63) is 164 Å². The van der Waals surface area contributed by atoms with E-state index in [1.54, 1.807) is 0 Å². The van der Waals surface area contributed by atoms with Crippen LogP contribution >= 0.6 is 0 Å². The van der Waals surface area contributed by atoms with E-state index < -0.39 is 0 Å². The smallest absolute Gasteiger partial charge is 0.162 e. The third kappa shape index (κ3) is 3.67. The Balaban J connectivity index is 1.31. The van der Waals surface area contributed by atoms with Crippen molar-refractivity contribution in [1.29, 1.82) is 0 Å². The van der Waals surface area contributed by atoms with Gasteiger partial charge < -0.3 is 4.40 Å². The van der Waals surface area contributed by atoms with Crippen LogP contribution in [0.2, 0.25) is 0 Å². The Morgan fingerprint density at radius 2 is 1.02 bits per heavy atom. The minimum Gasteiger partial charge on any atom is -0.307 e. The van der Waals surface area contributed by atoms with Crippen LogP contribution < -0.4 is 0 Å². The standard InChI is InChI=1S/C46H27N3/c1-2-12-28(13-3-1)31-16-6-7-19-35(31)43-42-32-17-5-4-14-29(32)25-27-39(42)47-46(48-43)38-22-11-21-36-37-26-24-30-15-10-20-34-33-18-8-9-23-40(33)49(44(36)38)45(37)41(30)34/h1-27H. The SMILES string of the molecule is c1ccc(-c2ccccc2-c2nc(-c3cccc4c5ccc6cccc7c8ccccc8n(c34)c5c67)nc3ccc4ccccc4c23)cc1. The van der Waals surface area contributed by atoms with Gasteiger partial charge in [0, 0.05) is 38.1 Å². The summed E-state index contributed by atoms with van der Waals surface area (Å²) in [5.41, 5.74) is 9.86. The van der Waals surface area contributed by atoms with Crippen molar-refractivity contribution in [2.45, 2.75) is 0 Å². The second-order valence-electron chi connectivity index (χ2n) is 12.9. The van der Waals surface area contributed by atoms with Gasteiger partial charge in [0.25, 0.3) is 0 Å². The van der Waals surface area contributed by atoms with Gasteiger partial charge in [0.2, 0.25) is 0 Å². The van der Waals surface area contributed by atoms with Crippen molar-refractivity contribution in [2.75, 3.05) is 0 Å². The Labute approximate surface area is 281 Å². The van der Waals surface area contributed by atoms with E-state index in [9.17, 15) is 0 Å². The average Bonchev–Trinajstić information content (AvgIpc) is 3.53. The second-order valence-corrected chi connectivity index (χ2v) is 12.9. The van der Waals surface area contributed by atoms with Crippen molar-refractivity contribution in [2.24, 2.45) is 0 Å². The topological polar surface area (TPSA) is 30.2 Å². The summed E-state index contributed by atoms with van der Waals surface area (Å²) in [6.45, 7) is 0. The van der Waals surface area contributed by atoms with Crippen molar-refractivity contribution in [1.82, 2.24) is 14.4 Å². The van der Waals surface area contributed by atoms with Crippen molar-refractivity contribution in [3.8, 4) is 33.8 Å². The number of rotatable bonds is 3. The molecule has 49 heavy (non-hydrogen) atoms. The molecular formula is C46H27N3. The highest BCUT2D eigenvalue weighted by Gasteiger charge is 2.23. The van der Waals surface area contributed by atoms with E-state index in [2.05, 4.69) is 168 Å². The van der Waals surface area contributed by atoms with Crippen molar-refractivity contribution >= 4 is 70.5 Å². The number of hydrogen-bond donors (Lipinski definition) is 0. The summed E-state index contributed by atoms with van der Waals surface area (Å²) in [5, 5.41) is 10.9. The van der Waals surface area contributed by atoms with Crippen LogP contribution in [0.4, 0.5) is 0 Å². The summed E-state index contributed by atoms with van der Waals surface area (Å²) in [6.07, 6.45) is 0. The first-order valence-electron chi connectivity index (χ1n) is 16.8. The normalized spacial score (nSPS) is 12.1. The Kier molecular flexibility index (Phi) is 5.38. The number of hydrogen-bond acceptors (Lipinski definition) is 2. The summed E-state index contributed by atoms with van der Waals surface area (Å²) in [5.74, 6) is 0.720. The van der Waals surface area contributed by atoms with Gasteiger partial charge in [-0.15, -0.1) is 0 Å². The lowest BCUT2D eigenvalue weighted by Gasteiger charge is -2.16. The quantitative estimate of drug-likeness (QED) is 0.145. The van der Waals surface area contributed by atoms with Gasteiger partial charge in [-0.3, -0.25) is 0 Å². The fraction of sp³-hybridized carbons (Fsp3) is 0. The maximum Gasteiger partial charge on any atom is 0.162 e. The molecule has 8 aromatic carbocycles. The lowest BCUT2D eigenvalue weighted by atomic mass is 9.93. The molecule has 226 valence electrons. The Morgan fingerprint density at radius 3 is 1.94 bits per heavy atom. The lowest BCUT2D eigenvalue weighted by Crippen LogP contribution is -1.99. The van der Waals surface area contributed by atoms with Crippen LogP contribution in [-0.4, -0.2) is 14.4 Å². The van der Waals surface area contributed by atoms with Crippen LogP contribution in [0.5, 0.6) is 0 Å². The molecule has 0 aliphatic heterocycles. The summed E-state index contributed by atoms with van der Waals surface area (Å²) >= 11 is 0. The molecule has 11 aromatic rings. The summed E-state index contributed by atoms with van der Waals surface area (Å²) < 4.78 is 2.47. The fourth-order valence-corrected chi connectivity index (χ4v) is 8.24. The maximum absolute atomic E-state index is 5.58. The van der Waals surface area contributed by atoms with E-state index in [0.29, 0.717) is 0 Å². The van der Waals surface area contributed by atoms with Crippen LogP contribution in [-0.2, 0) is 0 Å². The highest BCUT2D eigenvalue weighted by Crippen LogP contribution is 2.44. The molecule has 3 nitrogen and oxygen atoms in total. The van der Waals surface area contributed by atoms with Crippen LogP contribution in [0, 0.1) is 0 Å². The summed E-state index contributed by atoms with van der Waals surface area (Å²) in [7, 11) is 0. The molecule has 11 rings (SSSR count). The van der Waals surface area contributed by atoms with Gasteiger partial charge in [0.1, 0.15) is 0 Å². The molecule has 0 radical (unpaired) electrons. The number of nitrogens with zero attached hydrogens (tertiary/aromatic N) is 3. The molecule has 0 amide bonds. The molecule has 3 aromatic heterocycles. The molecule has 0 atom stereocenters. The minimum atomic E-state index is 0.720. The van der Waals surface area contributed by atoms with Gasteiger partial charge in [-0.1, -0.05) is 146 Å². The predicted octanol–water partition coefficient (Wildman–Crippen LogP) is 12.1. The third-order valence-electron chi connectivity index (χ3n) is 10.3. The molecule has 0 spiro atoms. The van der Waals surface area contributed by atoms with E-state index in [1.165, 1.54) is 48.7 Å². The Hall–Kier alpha value is -6.58. The zero-order valence-corrected chi connectivity index (χ0v) is 26.4. The van der Waals surface area contributed by atoms with Crippen LogP contribution in [0.15, 0.2) is 164 Å². The monoisotopic (exact) mass is 621 g/mol. The lowest BCUT2D eigenvalue weighted by molar-refractivity contribution is 1.23. The van der Waals surface area contributed by atoms with Gasteiger partial charge in [0.15, 0.2) is 5.82 Å². The van der Waals surface area contributed by atoms with Crippen LogP contribution in [0.25, 0.3) is 104 Å². The second kappa shape index (κ2) is 9.96. The first-order chi connectivity index (χ1) is 24.3. The molecule has 0 aliphatic rings. The number of benzene rings is 8. The predicted molar refractivity (Wildman–Crippen MR) is 206 cm³/mol. The van der Waals surface area contributed by atoms with Crippen molar-refractivity contribution < 1.29 is 0 Å². The zero-order chi connectivity index (χ0) is 32.1. The highest BCUT2D eigenvalue weighted by atomic mass is 14.9. The largest absolute Gasteiger partial charge is 0.307 e. The molecule has 3 heteroatoms. The Bertz CT molecular complexity index is 3100. The third-order valence-corrected chi connectivity index (χ3v) is 10.3. The fourth-order valence-electron chi connectivity index (χ4n) is 8.24. The number of fused-ring (bicyclic) bond motifs is 9. The van der Waals surface area contributed by atoms with Crippen LogP contribution in [0.1, 0.15) is 0 Å². The van der Waals surface area contributed by atoms with Crippen LogP contribution in [0.3, 0.4) is 0 Å². The molecule has 3 heterocycles. The highest BCUT2D eigenvalue weighted by molar-refractivity contribution is 6.29. The Morgan fingerprint density at radius 1 is 0.367 bits per heavy atom. The van der Waals surface area contributed by atoms with E-state index in [4.69, 9.17) is 9.97 Å². The molecule has 0 saturated carbocycles. The molecule has 0 bridgehead atoms. The first-order valence-corrected chi connectivity index (χ1v) is 16.8. The summed E-state index contributed by atoms with van der Waals surface area (Å²) in [4.78, 5) is 11.0. The number of para-hydroxylation sites is 2. The molecule has 0 N–H and O–H groups in total. The van der Waals surface area contributed by atoms with E-state index in [0.717, 1.165) is 55.6 Å². The van der Waals surface area contributed by atoms with Gasteiger partial charge in [-0.25, -0.2) is 9.97 Å². The molecular weight excluding hydrogens is 595 g/mol. The average molecular weight is 622 g/mol.